The first-order valence-corrected chi connectivity index (χ1v) is 9.27. The highest BCUT2D eigenvalue weighted by atomic mass is 16.1. The van der Waals surface area contributed by atoms with Crippen molar-refractivity contribution < 1.29 is 4.79 Å². The van der Waals surface area contributed by atoms with Gasteiger partial charge in [0.1, 0.15) is 17.8 Å². The molecule has 0 aliphatic carbocycles. The van der Waals surface area contributed by atoms with Gasteiger partial charge in [0.2, 0.25) is 0 Å². The fourth-order valence-electron chi connectivity index (χ4n) is 3.08. The van der Waals surface area contributed by atoms with Crippen LogP contribution in [0.1, 0.15) is 42.7 Å². The molecule has 1 aliphatic rings. The Morgan fingerprint density at radius 3 is 2.42 bits per heavy atom. The summed E-state index contributed by atoms with van der Waals surface area (Å²) in [5.74, 6) is 1.08. The number of hydrogen-bond acceptors (Lipinski definition) is 5. The Morgan fingerprint density at radius 1 is 1.12 bits per heavy atom. The average Bonchev–Trinajstić information content (AvgIpc) is 2.68. The van der Waals surface area contributed by atoms with Crippen LogP contribution in [-0.4, -0.2) is 53.5 Å². The molecule has 0 atom stereocenters. The number of rotatable bonds is 5. The minimum atomic E-state index is -0.210. The van der Waals surface area contributed by atoms with E-state index in [1.165, 1.54) is 11.9 Å². The van der Waals surface area contributed by atoms with Crippen molar-refractivity contribution in [3.63, 3.8) is 0 Å². The summed E-state index contributed by atoms with van der Waals surface area (Å²) >= 11 is 0. The summed E-state index contributed by atoms with van der Waals surface area (Å²) in [5, 5.41) is 2.91. The molecule has 3 rings (SSSR count). The van der Waals surface area contributed by atoms with E-state index in [1.807, 2.05) is 24.3 Å². The highest BCUT2D eigenvalue weighted by Crippen LogP contribution is 2.18. The van der Waals surface area contributed by atoms with Crippen LogP contribution in [0.4, 0.5) is 11.5 Å². The molecule has 0 saturated carbocycles. The van der Waals surface area contributed by atoms with Gasteiger partial charge in [0, 0.05) is 37.9 Å². The summed E-state index contributed by atoms with van der Waals surface area (Å²) in [5.41, 5.74) is 2.41. The zero-order valence-electron chi connectivity index (χ0n) is 15.8. The van der Waals surface area contributed by atoms with E-state index in [-0.39, 0.29) is 5.91 Å². The monoisotopic (exact) mass is 353 g/mol. The summed E-state index contributed by atoms with van der Waals surface area (Å²) < 4.78 is 0. The Kier molecular flexibility index (Phi) is 5.83. The Balaban J connectivity index is 1.66. The molecule has 1 saturated heterocycles. The number of aromatic nitrogens is 2. The van der Waals surface area contributed by atoms with Crippen molar-refractivity contribution in [1.82, 2.24) is 14.9 Å². The maximum Gasteiger partial charge on any atom is 0.274 e. The fourth-order valence-corrected chi connectivity index (χ4v) is 3.08. The molecule has 2 aromatic rings. The molecular weight excluding hydrogens is 326 g/mol. The Hall–Kier alpha value is -2.47. The highest BCUT2D eigenvalue weighted by Gasteiger charge is 2.18. The predicted octanol–water partition coefficient (Wildman–Crippen LogP) is 2.99. The average molecular weight is 353 g/mol. The van der Waals surface area contributed by atoms with Gasteiger partial charge in [-0.05, 0) is 30.2 Å². The summed E-state index contributed by atoms with van der Waals surface area (Å²) in [6.45, 7) is 11.4. The first-order chi connectivity index (χ1) is 12.6. The molecule has 1 aromatic heterocycles. The lowest BCUT2D eigenvalue weighted by atomic mass is 10.0. The van der Waals surface area contributed by atoms with Crippen molar-refractivity contribution in [3.05, 3.63) is 47.9 Å². The zero-order chi connectivity index (χ0) is 18.5. The molecule has 0 bridgehead atoms. The number of anilines is 2. The van der Waals surface area contributed by atoms with E-state index in [0.717, 1.165) is 44.2 Å². The van der Waals surface area contributed by atoms with Gasteiger partial charge in [-0.15, -0.1) is 0 Å². The van der Waals surface area contributed by atoms with Crippen LogP contribution in [0.2, 0.25) is 0 Å². The standard InChI is InChI=1S/C20H27N5O/c1-4-24-9-11-25(12-10-24)19-13-18(21-14-22-19)20(26)23-17-7-5-16(6-8-17)15(2)3/h5-8,13-15H,4,9-12H2,1-3H3,(H,23,26). The number of nitrogens with one attached hydrogen (secondary N) is 1. The highest BCUT2D eigenvalue weighted by molar-refractivity contribution is 6.03. The van der Waals surface area contributed by atoms with E-state index >= 15 is 0 Å². The second kappa shape index (κ2) is 8.27. The molecule has 1 aromatic carbocycles. The molecule has 0 radical (unpaired) electrons. The zero-order valence-corrected chi connectivity index (χ0v) is 15.8. The van der Waals surface area contributed by atoms with Crippen LogP contribution in [0.5, 0.6) is 0 Å². The third kappa shape index (κ3) is 4.38. The van der Waals surface area contributed by atoms with Gasteiger partial charge in [-0.3, -0.25) is 4.79 Å². The number of nitrogens with zero attached hydrogens (tertiary/aromatic N) is 4. The van der Waals surface area contributed by atoms with Crippen molar-refractivity contribution >= 4 is 17.4 Å². The summed E-state index contributed by atoms with van der Waals surface area (Å²) in [6.07, 6.45) is 1.47. The lowest BCUT2D eigenvalue weighted by Crippen LogP contribution is -2.46. The van der Waals surface area contributed by atoms with Gasteiger partial charge in [-0.1, -0.05) is 32.9 Å². The van der Waals surface area contributed by atoms with Crippen LogP contribution in [0.25, 0.3) is 0 Å². The largest absolute Gasteiger partial charge is 0.354 e. The molecule has 1 amide bonds. The predicted molar refractivity (Wildman–Crippen MR) is 105 cm³/mol. The Labute approximate surface area is 155 Å². The number of carbonyl (C=O) groups is 1. The molecule has 0 spiro atoms. The van der Waals surface area contributed by atoms with Gasteiger partial charge in [0.05, 0.1) is 0 Å². The number of amides is 1. The van der Waals surface area contributed by atoms with E-state index in [1.54, 1.807) is 6.07 Å². The van der Waals surface area contributed by atoms with Crippen LogP contribution in [-0.2, 0) is 0 Å². The van der Waals surface area contributed by atoms with Crippen molar-refractivity contribution in [2.24, 2.45) is 0 Å². The van der Waals surface area contributed by atoms with Crippen molar-refractivity contribution in [2.45, 2.75) is 26.7 Å². The van der Waals surface area contributed by atoms with Crippen molar-refractivity contribution in [2.75, 3.05) is 42.9 Å². The van der Waals surface area contributed by atoms with E-state index in [9.17, 15) is 4.79 Å². The number of carbonyl (C=O) groups excluding carboxylic acids is 1. The molecule has 6 heteroatoms. The van der Waals surface area contributed by atoms with E-state index < -0.39 is 0 Å². The van der Waals surface area contributed by atoms with Crippen LogP contribution in [0, 0.1) is 0 Å². The molecule has 1 fully saturated rings. The first kappa shape index (κ1) is 18.3. The maximum absolute atomic E-state index is 12.5. The number of piperazine rings is 1. The minimum Gasteiger partial charge on any atom is -0.354 e. The van der Waals surface area contributed by atoms with Gasteiger partial charge in [0.25, 0.3) is 5.91 Å². The topological polar surface area (TPSA) is 61.4 Å². The van der Waals surface area contributed by atoms with Crippen LogP contribution in [0.3, 0.4) is 0 Å². The molecule has 0 unspecified atom stereocenters. The summed E-state index contributed by atoms with van der Waals surface area (Å²) in [7, 11) is 0. The molecular formula is C20H27N5O. The second-order valence-corrected chi connectivity index (χ2v) is 6.91. The molecule has 1 aliphatic heterocycles. The Morgan fingerprint density at radius 2 is 1.81 bits per heavy atom. The first-order valence-electron chi connectivity index (χ1n) is 9.27. The molecule has 1 N–H and O–H groups in total. The van der Waals surface area contributed by atoms with Crippen LogP contribution >= 0.6 is 0 Å². The third-order valence-corrected chi connectivity index (χ3v) is 4.86. The lowest BCUT2D eigenvalue weighted by molar-refractivity contribution is 0.102. The van der Waals surface area contributed by atoms with Gasteiger partial charge in [-0.2, -0.15) is 0 Å². The molecule has 6 nitrogen and oxygen atoms in total. The lowest BCUT2D eigenvalue weighted by Gasteiger charge is -2.34. The fraction of sp³-hybridized carbons (Fsp3) is 0.450. The number of hydrogen-bond donors (Lipinski definition) is 1. The van der Waals surface area contributed by atoms with E-state index in [0.29, 0.717) is 11.6 Å². The van der Waals surface area contributed by atoms with Gasteiger partial charge >= 0.3 is 0 Å². The summed E-state index contributed by atoms with van der Waals surface area (Å²) in [6, 6.07) is 9.72. The maximum atomic E-state index is 12.5. The number of likely N-dealkylation sites (N-methyl/N-ethyl adjacent to an activating group) is 1. The van der Waals surface area contributed by atoms with Crippen molar-refractivity contribution in [3.8, 4) is 0 Å². The molecule has 138 valence electrons. The van der Waals surface area contributed by atoms with Crippen LogP contribution in [0.15, 0.2) is 36.7 Å². The quantitative estimate of drug-likeness (QED) is 0.895. The van der Waals surface area contributed by atoms with Crippen molar-refractivity contribution in [1.29, 1.82) is 0 Å². The summed E-state index contributed by atoms with van der Waals surface area (Å²) in [4.78, 5) is 25.7. The molecule has 2 heterocycles. The minimum absolute atomic E-state index is 0.210. The molecule has 26 heavy (non-hydrogen) atoms. The van der Waals surface area contributed by atoms with Gasteiger partial charge in [-0.25, -0.2) is 9.97 Å². The van der Waals surface area contributed by atoms with E-state index in [4.69, 9.17) is 0 Å². The van der Waals surface area contributed by atoms with E-state index in [2.05, 4.69) is 45.9 Å². The smallest absolute Gasteiger partial charge is 0.274 e. The normalized spacial score (nSPS) is 15.3. The van der Waals surface area contributed by atoms with Gasteiger partial charge < -0.3 is 15.1 Å². The Bertz CT molecular complexity index is 736. The van der Waals surface area contributed by atoms with Gasteiger partial charge in [0.15, 0.2) is 0 Å². The third-order valence-electron chi connectivity index (χ3n) is 4.86. The SMILES string of the molecule is CCN1CCN(c2cc(C(=O)Nc3ccc(C(C)C)cc3)ncn2)CC1. The number of benzene rings is 1. The second-order valence-electron chi connectivity index (χ2n) is 6.91. The van der Waals surface area contributed by atoms with Crippen LogP contribution < -0.4 is 10.2 Å².